The topological polar surface area (TPSA) is 80.9 Å². The highest BCUT2D eigenvalue weighted by Crippen LogP contribution is 2.27. The molecule has 144 valence electrons. The van der Waals surface area contributed by atoms with Crippen molar-refractivity contribution in [3.63, 3.8) is 0 Å². The van der Waals surface area contributed by atoms with Crippen LogP contribution in [0, 0.1) is 0 Å². The van der Waals surface area contributed by atoms with Gasteiger partial charge in [-0.05, 0) is 48.5 Å². The molecule has 0 saturated heterocycles. The van der Waals surface area contributed by atoms with Crippen LogP contribution in [0.3, 0.4) is 0 Å². The van der Waals surface area contributed by atoms with Crippen molar-refractivity contribution in [3.8, 4) is 11.3 Å². The third-order valence-corrected chi connectivity index (χ3v) is 4.32. The van der Waals surface area contributed by atoms with Crippen LogP contribution in [-0.2, 0) is 14.3 Å². The average molecular weight is 407 g/mol. The van der Waals surface area contributed by atoms with Gasteiger partial charge in [0.1, 0.15) is 11.5 Å². The van der Waals surface area contributed by atoms with E-state index in [9.17, 15) is 9.59 Å². The number of carbonyl (C=O) groups is 2. The Morgan fingerprint density at radius 2 is 1.86 bits per heavy atom. The van der Waals surface area contributed by atoms with Crippen molar-refractivity contribution in [3.05, 3.63) is 82.7 Å². The lowest BCUT2D eigenvalue weighted by Crippen LogP contribution is -2.07. The highest BCUT2D eigenvalue weighted by molar-refractivity contribution is 6.30. The number of benzene rings is 2. The Kier molecular flexibility index (Phi) is 5.01. The van der Waals surface area contributed by atoms with Crippen LogP contribution in [0.2, 0.25) is 5.02 Å². The van der Waals surface area contributed by atoms with Crippen LogP contribution in [-0.4, -0.2) is 17.8 Å². The van der Waals surface area contributed by atoms with Gasteiger partial charge in [-0.25, -0.2) is 9.79 Å². The summed E-state index contributed by atoms with van der Waals surface area (Å²) in [4.78, 5) is 27.5. The van der Waals surface area contributed by atoms with Gasteiger partial charge in [0.25, 0.3) is 0 Å². The van der Waals surface area contributed by atoms with Gasteiger partial charge in [-0.2, -0.15) is 0 Å². The highest BCUT2D eigenvalue weighted by atomic mass is 35.5. The molecular formula is C22H15ClN2O4. The van der Waals surface area contributed by atoms with Gasteiger partial charge in [0.15, 0.2) is 5.70 Å². The third-order valence-electron chi connectivity index (χ3n) is 4.09. The number of rotatable bonds is 4. The molecule has 1 amide bonds. The van der Waals surface area contributed by atoms with E-state index in [4.69, 9.17) is 20.8 Å². The zero-order chi connectivity index (χ0) is 20.4. The number of nitrogens with zero attached hydrogens (tertiary/aromatic N) is 1. The Morgan fingerprint density at radius 3 is 2.59 bits per heavy atom. The maximum absolute atomic E-state index is 12.2. The van der Waals surface area contributed by atoms with E-state index in [2.05, 4.69) is 10.3 Å². The van der Waals surface area contributed by atoms with Crippen molar-refractivity contribution in [2.75, 3.05) is 5.32 Å². The van der Waals surface area contributed by atoms with E-state index in [1.165, 1.54) is 13.0 Å². The molecule has 7 heteroatoms. The zero-order valence-electron chi connectivity index (χ0n) is 15.3. The number of cyclic esters (lactones) is 1. The van der Waals surface area contributed by atoms with E-state index < -0.39 is 5.97 Å². The second-order valence-corrected chi connectivity index (χ2v) is 6.74. The normalized spacial score (nSPS) is 14.6. The molecule has 0 aliphatic carbocycles. The number of halogens is 1. The van der Waals surface area contributed by atoms with E-state index in [0.717, 1.165) is 5.56 Å². The quantitative estimate of drug-likeness (QED) is 0.493. The largest absolute Gasteiger partial charge is 0.457 e. The first-order valence-corrected chi connectivity index (χ1v) is 9.12. The number of hydrogen-bond acceptors (Lipinski definition) is 5. The summed E-state index contributed by atoms with van der Waals surface area (Å²) >= 11 is 6.01. The molecule has 3 aromatic rings. The zero-order valence-corrected chi connectivity index (χ0v) is 16.1. The lowest BCUT2D eigenvalue weighted by Gasteiger charge is -2.03. The maximum atomic E-state index is 12.2. The van der Waals surface area contributed by atoms with Crippen molar-refractivity contribution in [2.45, 2.75) is 6.92 Å². The summed E-state index contributed by atoms with van der Waals surface area (Å²) in [7, 11) is 0. The predicted molar refractivity (Wildman–Crippen MR) is 111 cm³/mol. The summed E-state index contributed by atoms with van der Waals surface area (Å²) < 4.78 is 11.0. The van der Waals surface area contributed by atoms with Crippen LogP contribution in [0.25, 0.3) is 17.4 Å². The van der Waals surface area contributed by atoms with E-state index in [1.54, 1.807) is 48.5 Å². The molecule has 0 radical (unpaired) electrons. The molecule has 1 aliphatic rings. The standard InChI is InChI=1S/C22H15ClN2O4/c1-13(26)24-17-7-5-14(6-8-17)21-25-19(22(27)29-21)12-18-9-10-20(28-18)15-3-2-4-16(23)11-15/h2-12H,1H3,(H,24,26)/b19-12-. The summed E-state index contributed by atoms with van der Waals surface area (Å²) in [6.45, 7) is 1.43. The number of ether oxygens (including phenoxy) is 1. The van der Waals surface area contributed by atoms with Gasteiger partial charge < -0.3 is 14.5 Å². The number of esters is 1. The number of carbonyl (C=O) groups excluding carboxylic acids is 2. The molecule has 0 bridgehead atoms. The molecule has 29 heavy (non-hydrogen) atoms. The van der Waals surface area contributed by atoms with Crippen molar-refractivity contribution >= 4 is 41.1 Å². The fourth-order valence-corrected chi connectivity index (χ4v) is 2.98. The number of anilines is 1. The van der Waals surface area contributed by atoms with E-state index in [0.29, 0.717) is 27.8 Å². The number of nitrogens with one attached hydrogen (secondary N) is 1. The smallest absolute Gasteiger partial charge is 0.363 e. The van der Waals surface area contributed by atoms with Gasteiger partial charge in [0.2, 0.25) is 11.8 Å². The molecule has 0 unspecified atom stereocenters. The minimum absolute atomic E-state index is 0.137. The third kappa shape index (κ3) is 4.28. The Morgan fingerprint density at radius 1 is 1.07 bits per heavy atom. The Hall–Kier alpha value is -3.64. The summed E-state index contributed by atoms with van der Waals surface area (Å²) in [5.74, 6) is 0.563. The second-order valence-electron chi connectivity index (χ2n) is 6.31. The van der Waals surface area contributed by atoms with Crippen molar-refractivity contribution < 1.29 is 18.7 Å². The number of amides is 1. The second kappa shape index (κ2) is 7.77. The number of hydrogen-bond donors (Lipinski definition) is 1. The van der Waals surface area contributed by atoms with Gasteiger partial charge in [-0.1, -0.05) is 23.7 Å². The first-order valence-electron chi connectivity index (χ1n) is 8.74. The Balaban J connectivity index is 1.56. The fourth-order valence-electron chi connectivity index (χ4n) is 2.79. The molecule has 1 aromatic heterocycles. The van der Waals surface area contributed by atoms with Gasteiger partial charge in [-0.15, -0.1) is 0 Å². The monoisotopic (exact) mass is 406 g/mol. The fraction of sp³-hybridized carbons (Fsp3) is 0.0455. The molecule has 2 heterocycles. The molecular weight excluding hydrogens is 392 g/mol. The van der Waals surface area contributed by atoms with Gasteiger partial charge >= 0.3 is 5.97 Å². The average Bonchev–Trinajstić information content (AvgIpc) is 3.29. The van der Waals surface area contributed by atoms with Crippen LogP contribution in [0.5, 0.6) is 0 Å². The van der Waals surface area contributed by atoms with Crippen molar-refractivity contribution in [1.29, 1.82) is 0 Å². The Labute approximate surface area is 171 Å². The SMILES string of the molecule is CC(=O)Nc1ccc(C2=N/C(=C\c3ccc(-c4cccc(Cl)c4)o3)C(=O)O2)cc1. The van der Waals surface area contributed by atoms with E-state index in [-0.39, 0.29) is 17.5 Å². The summed E-state index contributed by atoms with van der Waals surface area (Å²) in [5, 5.41) is 3.28. The van der Waals surface area contributed by atoms with Crippen LogP contribution in [0.1, 0.15) is 18.2 Å². The molecule has 0 fully saturated rings. The van der Waals surface area contributed by atoms with Gasteiger partial charge in [0.05, 0.1) is 0 Å². The minimum atomic E-state index is -0.563. The molecule has 0 saturated carbocycles. The number of furan rings is 1. The lowest BCUT2D eigenvalue weighted by atomic mass is 10.2. The highest BCUT2D eigenvalue weighted by Gasteiger charge is 2.24. The van der Waals surface area contributed by atoms with Gasteiger partial charge in [0, 0.05) is 34.8 Å². The predicted octanol–water partition coefficient (Wildman–Crippen LogP) is 4.90. The summed E-state index contributed by atoms with van der Waals surface area (Å²) in [5.41, 5.74) is 2.23. The van der Waals surface area contributed by atoms with Crippen molar-refractivity contribution in [2.24, 2.45) is 4.99 Å². The van der Waals surface area contributed by atoms with Crippen LogP contribution >= 0.6 is 11.6 Å². The van der Waals surface area contributed by atoms with E-state index >= 15 is 0 Å². The maximum Gasteiger partial charge on any atom is 0.363 e. The van der Waals surface area contributed by atoms with Crippen molar-refractivity contribution in [1.82, 2.24) is 0 Å². The molecule has 0 atom stereocenters. The number of aliphatic imine (C=N–C) groups is 1. The summed E-state index contributed by atoms with van der Waals surface area (Å²) in [6, 6.07) is 17.7. The van der Waals surface area contributed by atoms with Crippen LogP contribution < -0.4 is 5.32 Å². The Bertz CT molecular complexity index is 1160. The minimum Gasteiger partial charge on any atom is -0.457 e. The lowest BCUT2D eigenvalue weighted by molar-refractivity contribution is -0.130. The van der Waals surface area contributed by atoms with E-state index in [1.807, 2.05) is 12.1 Å². The molecule has 2 aromatic carbocycles. The van der Waals surface area contributed by atoms with Crippen LogP contribution in [0.4, 0.5) is 5.69 Å². The molecule has 1 aliphatic heterocycles. The molecule has 6 nitrogen and oxygen atoms in total. The first kappa shape index (κ1) is 18.7. The van der Waals surface area contributed by atoms with Gasteiger partial charge in [-0.3, -0.25) is 4.79 Å². The molecule has 4 rings (SSSR count). The van der Waals surface area contributed by atoms with Crippen LogP contribution in [0.15, 0.2) is 75.8 Å². The summed E-state index contributed by atoms with van der Waals surface area (Å²) in [6.07, 6.45) is 1.52. The molecule has 0 spiro atoms. The first-order chi connectivity index (χ1) is 14.0. The molecule has 1 N–H and O–H groups in total.